The van der Waals surface area contributed by atoms with Crippen LogP contribution in [0.25, 0.3) is 17.0 Å². The van der Waals surface area contributed by atoms with Crippen molar-refractivity contribution in [2.24, 2.45) is 0 Å². The molecule has 0 aliphatic carbocycles. The zero-order valence-corrected chi connectivity index (χ0v) is 14.4. The molecule has 2 heteroatoms. The third-order valence-corrected chi connectivity index (χ3v) is 4.77. The Hall–Kier alpha value is -2.77. The maximum absolute atomic E-state index is 6.51. The molecule has 122 valence electrons. The number of fused-ring (bicyclic) bond motifs is 1. The predicted octanol–water partition coefficient (Wildman–Crippen LogP) is 6.67. The van der Waals surface area contributed by atoms with Crippen LogP contribution in [0.1, 0.15) is 22.6 Å². The number of aromatic nitrogens is 1. The number of rotatable bonds is 4. The van der Waals surface area contributed by atoms with Gasteiger partial charge in [0.05, 0.1) is 5.02 Å². The molecule has 0 bridgehead atoms. The Morgan fingerprint density at radius 3 is 2.28 bits per heavy atom. The molecule has 1 unspecified atom stereocenters. The monoisotopic (exact) mass is 343 g/mol. The van der Waals surface area contributed by atoms with Gasteiger partial charge in [0.25, 0.3) is 0 Å². The molecular weight excluding hydrogens is 326 g/mol. The third kappa shape index (κ3) is 3.24. The van der Waals surface area contributed by atoms with Crippen LogP contribution in [0, 0.1) is 0 Å². The van der Waals surface area contributed by atoms with Crippen molar-refractivity contribution in [2.45, 2.75) is 5.92 Å². The van der Waals surface area contributed by atoms with Gasteiger partial charge in [0.2, 0.25) is 0 Å². The lowest BCUT2D eigenvalue weighted by Crippen LogP contribution is -1.97. The number of aromatic amines is 1. The number of hydrogen-bond donors (Lipinski definition) is 1. The molecule has 4 rings (SSSR count). The van der Waals surface area contributed by atoms with Gasteiger partial charge in [-0.1, -0.05) is 90.5 Å². The molecule has 0 fully saturated rings. The highest BCUT2D eigenvalue weighted by atomic mass is 35.5. The second kappa shape index (κ2) is 7.00. The first kappa shape index (κ1) is 15.7. The molecule has 0 saturated heterocycles. The second-order valence-corrected chi connectivity index (χ2v) is 6.47. The number of benzene rings is 3. The summed E-state index contributed by atoms with van der Waals surface area (Å²) in [4.78, 5) is 3.36. The third-order valence-electron chi connectivity index (χ3n) is 4.46. The lowest BCUT2D eigenvalue weighted by molar-refractivity contribution is 1.04. The minimum atomic E-state index is 0.134. The Bertz CT molecular complexity index is 1000. The smallest absolute Gasteiger partial charge is 0.0502 e. The molecule has 1 aromatic heterocycles. The number of allylic oxidation sites excluding steroid dienone is 1. The van der Waals surface area contributed by atoms with Gasteiger partial charge in [-0.2, -0.15) is 0 Å². The van der Waals surface area contributed by atoms with Crippen LogP contribution in [-0.2, 0) is 0 Å². The van der Waals surface area contributed by atoms with Crippen LogP contribution in [0.5, 0.6) is 0 Å². The summed E-state index contributed by atoms with van der Waals surface area (Å²) in [6.45, 7) is 0. The van der Waals surface area contributed by atoms with E-state index in [0.29, 0.717) is 0 Å². The van der Waals surface area contributed by atoms with Crippen molar-refractivity contribution in [1.82, 2.24) is 4.98 Å². The standard InChI is InChI=1S/C23H18ClN/c24-21-12-7-13-22-23(21)20(16-25-22)19(18-10-5-2-6-11-18)15-14-17-8-3-1-4-9-17/h1-16,19,25H/b15-14+. The van der Waals surface area contributed by atoms with Crippen molar-refractivity contribution in [2.75, 3.05) is 0 Å². The molecular formula is C23H18ClN. The molecule has 0 aliphatic rings. The number of halogens is 1. The van der Waals surface area contributed by atoms with Crippen molar-refractivity contribution in [3.05, 3.63) is 113 Å². The van der Waals surface area contributed by atoms with Gasteiger partial charge in [-0.3, -0.25) is 0 Å². The molecule has 0 saturated carbocycles. The lowest BCUT2D eigenvalue weighted by Gasteiger charge is -2.14. The summed E-state index contributed by atoms with van der Waals surface area (Å²) < 4.78 is 0. The molecule has 4 aromatic rings. The van der Waals surface area contributed by atoms with Gasteiger partial charge >= 0.3 is 0 Å². The fourth-order valence-electron chi connectivity index (χ4n) is 3.24. The van der Waals surface area contributed by atoms with Gasteiger partial charge in [0, 0.05) is 23.0 Å². The van der Waals surface area contributed by atoms with Crippen LogP contribution in [0.3, 0.4) is 0 Å². The predicted molar refractivity (Wildman–Crippen MR) is 107 cm³/mol. The molecule has 0 spiro atoms. The maximum Gasteiger partial charge on any atom is 0.0502 e. The minimum absolute atomic E-state index is 0.134. The van der Waals surface area contributed by atoms with Gasteiger partial charge in [-0.25, -0.2) is 0 Å². The topological polar surface area (TPSA) is 15.8 Å². The lowest BCUT2D eigenvalue weighted by atomic mass is 9.90. The van der Waals surface area contributed by atoms with Gasteiger partial charge in [0.1, 0.15) is 0 Å². The Balaban J connectivity index is 1.84. The summed E-state index contributed by atoms with van der Waals surface area (Å²) in [7, 11) is 0. The second-order valence-electron chi connectivity index (χ2n) is 6.06. The maximum atomic E-state index is 6.51. The van der Waals surface area contributed by atoms with E-state index in [-0.39, 0.29) is 5.92 Å². The van der Waals surface area contributed by atoms with Gasteiger partial charge in [0.15, 0.2) is 0 Å². The van der Waals surface area contributed by atoms with Crippen LogP contribution in [0.15, 0.2) is 91.1 Å². The fourth-order valence-corrected chi connectivity index (χ4v) is 3.52. The first-order chi connectivity index (χ1) is 12.3. The molecule has 0 radical (unpaired) electrons. The van der Waals surface area contributed by atoms with Crippen molar-refractivity contribution < 1.29 is 0 Å². The van der Waals surface area contributed by atoms with E-state index in [1.807, 2.05) is 24.3 Å². The van der Waals surface area contributed by atoms with E-state index in [2.05, 4.69) is 77.9 Å². The first-order valence-electron chi connectivity index (χ1n) is 8.36. The van der Waals surface area contributed by atoms with Crippen molar-refractivity contribution in [3.8, 4) is 0 Å². The molecule has 3 aromatic carbocycles. The zero-order chi connectivity index (χ0) is 17.1. The first-order valence-corrected chi connectivity index (χ1v) is 8.74. The van der Waals surface area contributed by atoms with Crippen LogP contribution in [0.2, 0.25) is 5.02 Å². The Morgan fingerprint density at radius 1 is 0.800 bits per heavy atom. The fraction of sp³-hybridized carbons (Fsp3) is 0.0435. The summed E-state index contributed by atoms with van der Waals surface area (Å²) in [6.07, 6.45) is 6.49. The molecule has 1 heterocycles. The van der Waals surface area contributed by atoms with Crippen LogP contribution in [-0.4, -0.2) is 4.98 Å². The summed E-state index contributed by atoms with van der Waals surface area (Å²) in [5, 5.41) is 1.87. The quantitative estimate of drug-likeness (QED) is 0.426. The Morgan fingerprint density at radius 2 is 1.52 bits per heavy atom. The molecule has 0 amide bonds. The Kier molecular flexibility index (Phi) is 4.41. The zero-order valence-electron chi connectivity index (χ0n) is 13.7. The highest BCUT2D eigenvalue weighted by molar-refractivity contribution is 6.35. The summed E-state index contributed by atoms with van der Waals surface area (Å²) in [5.74, 6) is 0.134. The van der Waals surface area contributed by atoms with E-state index in [4.69, 9.17) is 11.6 Å². The number of nitrogens with one attached hydrogen (secondary N) is 1. The molecule has 25 heavy (non-hydrogen) atoms. The Labute approximate surface area is 152 Å². The number of H-pyrrole nitrogens is 1. The minimum Gasteiger partial charge on any atom is -0.361 e. The SMILES string of the molecule is Clc1cccc2[nH]cc(C(/C=C/c3ccccc3)c3ccccc3)c12. The van der Waals surface area contributed by atoms with E-state index in [9.17, 15) is 0 Å². The van der Waals surface area contributed by atoms with E-state index in [0.717, 1.165) is 15.9 Å². The average Bonchev–Trinajstić information content (AvgIpc) is 3.09. The van der Waals surface area contributed by atoms with Crippen molar-refractivity contribution >= 4 is 28.6 Å². The highest BCUT2D eigenvalue weighted by Gasteiger charge is 2.17. The van der Waals surface area contributed by atoms with Crippen LogP contribution in [0.4, 0.5) is 0 Å². The van der Waals surface area contributed by atoms with Gasteiger partial charge in [-0.05, 0) is 28.8 Å². The van der Waals surface area contributed by atoms with Crippen LogP contribution < -0.4 is 0 Å². The molecule has 0 aliphatic heterocycles. The molecule has 1 atom stereocenters. The molecule has 1 nitrogen and oxygen atoms in total. The van der Waals surface area contributed by atoms with E-state index < -0.39 is 0 Å². The summed E-state index contributed by atoms with van der Waals surface area (Å²) in [5.41, 5.74) is 4.69. The van der Waals surface area contributed by atoms with E-state index >= 15 is 0 Å². The normalized spacial score (nSPS) is 12.7. The summed E-state index contributed by atoms with van der Waals surface area (Å²) >= 11 is 6.51. The molecule has 1 N–H and O–H groups in total. The highest BCUT2D eigenvalue weighted by Crippen LogP contribution is 2.35. The van der Waals surface area contributed by atoms with Gasteiger partial charge < -0.3 is 4.98 Å². The summed E-state index contributed by atoms with van der Waals surface area (Å²) in [6, 6.07) is 26.9. The average molecular weight is 344 g/mol. The van der Waals surface area contributed by atoms with E-state index in [1.165, 1.54) is 16.7 Å². The largest absolute Gasteiger partial charge is 0.361 e. The van der Waals surface area contributed by atoms with Crippen molar-refractivity contribution in [3.63, 3.8) is 0 Å². The van der Waals surface area contributed by atoms with Crippen molar-refractivity contribution in [1.29, 1.82) is 0 Å². The van der Waals surface area contributed by atoms with E-state index in [1.54, 1.807) is 0 Å². The van der Waals surface area contributed by atoms with Gasteiger partial charge in [-0.15, -0.1) is 0 Å². The number of hydrogen-bond acceptors (Lipinski definition) is 0. The van der Waals surface area contributed by atoms with Crippen LogP contribution >= 0.6 is 11.6 Å².